The predicted octanol–water partition coefficient (Wildman–Crippen LogP) is 9.84. The van der Waals surface area contributed by atoms with Gasteiger partial charge in [-0.2, -0.15) is 9.46 Å². The lowest BCUT2D eigenvalue weighted by Gasteiger charge is -2.37. The van der Waals surface area contributed by atoms with Crippen LogP contribution >= 0.6 is 0 Å². The van der Waals surface area contributed by atoms with Crippen LogP contribution in [0.1, 0.15) is 74.2 Å². The molecule has 2 aliphatic carbocycles. The Labute approximate surface area is 289 Å². The van der Waals surface area contributed by atoms with Gasteiger partial charge < -0.3 is 10.4 Å². The van der Waals surface area contributed by atoms with Crippen LogP contribution in [-0.4, -0.2) is 0 Å². The first-order valence-corrected chi connectivity index (χ1v) is 17.5. The van der Waals surface area contributed by atoms with E-state index in [9.17, 15) is 10.4 Å². The van der Waals surface area contributed by atoms with Crippen molar-refractivity contribution < 1.29 is 9.46 Å². The van der Waals surface area contributed by atoms with Crippen molar-refractivity contribution >= 4 is 0 Å². The zero-order chi connectivity index (χ0) is 34.1. The molecule has 0 spiro atoms. The number of pyridine rings is 2. The molecule has 0 fully saturated rings. The van der Waals surface area contributed by atoms with Crippen molar-refractivity contribution in [2.45, 2.75) is 72.6 Å². The highest BCUT2D eigenvalue weighted by molar-refractivity contribution is 5.78. The minimum atomic E-state index is -0.0108. The minimum absolute atomic E-state index is 0.0108. The molecule has 0 N–H and O–H groups in total. The smallest absolute Gasteiger partial charge is 0.225 e. The molecule has 0 radical (unpaired) electrons. The summed E-state index contributed by atoms with van der Waals surface area (Å²) in [5, 5.41) is 29.6. The zero-order valence-electron chi connectivity index (χ0n) is 29.2. The Morgan fingerprint density at radius 2 is 0.837 bits per heavy atom. The first-order chi connectivity index (χ1) is 23.6. The van der Waals surface area contributed by atoms with E-state index >= 15 is 0 Å². The van der Waals surface area contributed by atoms with E-state index in [0.29, 0.717) is 24.2 Å². The van der Waals surface area contributed by atoms with Crippen molar-refractivity contribution in [3.05, 3.63) is 163 Å². The highest BCUT2D eigenvalue weighted by atomic mass is 16.5. The first kappa shape index (κ1) is 31.1. The van der Waals surface area contributed by atoms with E-state index in [1.807, 2.05) is 12.1 Å². The average molecular weight is 643 g/mol. The van der Waals surface area contributed by atoms with Gasteiger partial charge in [-0.05, 0) is 105 Å². The highest BCUT2D eigenvalue weighted by Crippen LogP contribution is 2.50. The quantitative estimate of drug-likeness (QED) is 0.142. The molecule has 8 rings (SSSR count). The normalized spacial score (nSPS) is 16.3. The number of aromatic nitrogens is 2. The van der Waals surface area contributed by atoms with Crippen LogP contribution < -0.4 is 9.46 Å². The summed E-state index contributed by atoms with van der Waals surface area (Å²) in [5.41, 5.74) is 18.5. The molecule has 4 aromatic carbocycles. The number of aryl methyl sites for hydroxylation is 6. The molecule has 2 bridgehead atoms. The topological polar surface area (TPSA) is 53.9 Å². The van der Waals surface area contributed by atoms with E-state index in [-0.39, 0.29) is 11.8 Å². The third kappa shape index (κ3) is 5.04. The number of benzene rings is 4. The number of hydrogen-bond acceptors (Lipinski definition) is 2. The third-order valence-corrected chi connectivity index (χ3v) is 11.0. The largest absolute Gasteiger partial charge is 0.618 e. The summed E-state index contributed by atoms with van der Waals surface area (Å²) in [6.07, 6.45) is 2.06. The molecule has 2 atom stereocenters. The van der Waals surface area contributed by atoms with Gasteiger partial charge in [-0.1, -0.05) is 96.1 Å². The van der Waals surface area contributed by atoms with E-state index in [0.717, 1.165) is 84.6 Å². The molecule has 0 amide bonds. The second kappa shape index (κ2) is 11.7. The van der Waals surface area contributed by atoms with Gasteiger partial charge in [-0.25, -0.2) is 0 Å². The van der Waals surface area contributed by atoms with Crippen LogP contribution in [0.25, 0.3) is 44.8 Å². The van der Waals surface area contributed by atoms with Crippen LogP contribution in [-0.2, 0) is 12.8 Å². The Morgan fingerprint density at radius 3 is 1.18 bits per heavy atom. The maximum Gasteiger partial charge on any atom is 0.225 e. The van der Waals surface area contributed by atoms with Gasteiger partial charge >= 0.3 is 0 Å². The summed E-state index contributed by atoms with van der Waals surface area (Å²) in [6, 6.07) is 33.8. The van der Waals surface area contributed by atoms with Crippen molar-refractivity contribution in [3.8, 4) is 44.8 Å². The zero-order valence-corrected chi connectivity index (χ0v) is 29.2. The molecule has 2 aromatic heterocycles. The molecule has 244 valence electrons. The van der Waals surface area contributed by atoms with Gasteiger partial charge in [0.1, 0.15) is 0 Å². The molecule has 2 heterocycles. The maximum absolute atomic E-state index is 14.8. The number of nitrogens with zero attached hydrogens (tertiary/aromatic N) is 2. The predicted molar refractivity (Wildman–Crippen MR) is 198 cm³/mol. The Bertz CT molecular complexity index is 2080. The molecular weight excluding hydrogens is 601 g/mol. The SMILES string of the molecule is Cc1cc(C)c(-c2cc(-c3ccccc3)c3c([n+]2[O-])C2Cc4c(-c5ccccc5)cc(-c5c(C)cc(C)cc5C)[n+]([O-])c4C(C3)C2)c(C)c1. The second-order valence-electron chi connectivity index (χ2n) is 14.5. The van der Waals surface area contributed by atoms with Crippen LogP contribution in [0.5, 0.6) is 0 Å². The molecule has 4 heteroatoms. The van der Waals surface area contributed by atoms with Crippen LogP contribution in [0.3, 0.4) is 0 Å². The van der Waals surface area contributed by atoms with E-state index in [2.05, 4.69) is 126 Å². The van der Waals surface area contributed by atoms with Crippen LogP contribution in [0.4, 0.5) is 0 Å². The van der Waals surface area contributed by atoms with Gasteiger partial charge in [0.15, 0.2) is 0 Å². The van der Waals surface area contributed by atoms with Crippen molar-refractivity contribution in [2.24, 2.45) is 0 Å². The number of rotatable bonds is 4. The molecule has 49 heavy (non-hydrogen) atoms. The molecule has 0 saturated carbocycles. The summed E-state index contributed by atoms with van der Waals surface area (Å²) in [4.78, 5) is 0. The fourth-order valence-corrected chi connectivity index (χ4v) is 9.28. The van der Waals surface area contributed by atoms with Crippen molar-refractivity contribution in [3.63, 3.8) is 0 Å². The summed E-state index contributed by atoms with van der Waals surface area (Å²) < 4.78 is 2.50. The van der Waals surface area contributed by atoms with E-state index in [1.54, 1.807) is 0 Å². The first-order valence-electron chi connectivity index (χ1n) is 17.5. The lowest BCUT2D eigenvalue weighted by Crippen LogP contribution is -2.46. The van der Waals surface area contributed by atoms with Crippen molar-refractivity contribution in [2.75, 3.05) is 0 Å². The summed E-state index contributed by atoms with van der Waals surface area (Å²) in [7, 11) is 0. The summed E-state index contributed by atoms with van der Waals surface area (Å²) in [5.74, 6) is -0.0215. The van der Waals surface area contributed by atoms with Crippen LogP contribution in [0.2, 0.25) is 0 Å². The van der Waals surface area contributed by atoms with E-state index in [4.69, 9.17) is 0 Å². The Hall–Kier alpha value is -5.22. The van der Waals surface area contributed by atoms with Gasteiger partial charge in [0.25, 0.3) is 0 Å². The fourth-order valence-electron chi connectivity index (χ4n) is 9.28. The molecule has 6 aromatic rings. The Balaban J connectivity index is 1.39. The number of fused-ring (bicyclic) bond motifs is 6. The molecule has 0 saturated heterocycles. The molecule has 2 aliphatic rings. The molecular formula is C45H42N2O2. The third-order valence-electron chi connectivity index (χ3n) is 11.0. The van der Waals surface area contributed by atoms with Gasteiger partial charge in [-0.15, -0.1) is 0 Å². The average Bonchev–Trinajstić information content (AvgIpc) is 3.06. The molecule has 4 nitrogen and oxygen atoms in total. The van der Waals surface area contributed by atoms with Gasteiger partial charge in [0.05, 0.1) is 23.0 Å². The Kier molecular flexibility index (Phi) is 7.44. The van der Waals surface area contributed by atoms with Gasteiger partial charge in [-0.3, -0.25) is 0 Å². The monoisotopic (exact) mass is 642 g/mol. The van der Waals surface area contributed by atoms with Crippen LogP contribution in [0, 0.1) is 52.0 Å². The summed E-state index contributed by atoms with van der Waals surface area (Å²) >= 11 is 0. The van der Waals surface area contributed by atoms with E-state index < -0.39 is 0 Å². The fraction of sp³-hybridized carbons (Fsp3) is 0.244. The second-order valence-corrected chi connectivity index (χ2v) is 14.5. The van der Waals surface area contributed by atoms with Gasteiger partial charge in [0, 0.05) is 23.3 Å². The van der Waals surface area contributed by atoms with Gasteiger partial charge in [0.2, 0.25) is 22.8 Å². The minimum Gasteiger partial charge on any atom is -0.618 e. The lowest BCUT2D eigenvalue weighted by molar-refractivity contribution is -0.610. The van der Waals surface area contributed by atoms with Crippen molar-refractivity contribution in [1.82, 2.24) is 0 Å². The number of hydrogen-bond donors (Lipinski definition) is 0. The van der Waals surface area contributed by atoms with E-state index in [1.165, 1.54) is 20.6 Å². The van der Waals surface area contributed by atoms with Crippen LogP contribution in [0.15, 0.2) is 97.1 Å². The molecule has 0 aliphatic heterocycles. The standard InChI is InChI=1S/C45H42N2O2/c1-26-17-28(3)42(29(4)18-26)40-24-36(32-13-9-7-10-14-32)38-23-35-21-34(44(38)46(40)48)22-39-37(33-15-11-8-12-16-33)25-41(47(49)45(35)39)43-30(5)19-27(2)20-31(43)6/h7-20,24-25,34-35H,21-23H2,1-6H3. The lowest BCUT2D eigenvalue weighted by atomic mass is 9.67. The molecule has 2 unspecified atom stereocenters. The Morgan fingerprint density at radius 1 is 0.490 bits per heavy atom. The maximum atomic E-state index is 14.8. The summed E-state index contributed by atoms with van der Waals surface area (Å²) in [6.45, 7) is 12.7. The van der Waals surface area contributed by atoms with Crippen molar-refractivity contribution in [1.29, 1.82) is 0 Å². The highest BCUT2D eigenvalue weighted by Gasteiger charge is 2.46.